The molecule has 0 heterocycles. The molecule has 6 heteroatoms. The molecule has 0 saturated carbocycles. The van der Waals surface area contributed by atoms with E-state index >= 15 is 0 Å². The van der Waals surface area contributed by atoms with Crippen molar-refractivity contribution in [2.45, 2.75) is 38.0 Å². The molecule has 4 nitrogen and oxygen atoms in total. The van der Waals surface area contributed by atoms with Crippen LogP contribution in [0.5, 0.6) is 5.75 Å². The Balaban J connectivity index is 1.87. The van der Waals surface area contributed by atoms with E-state index in [1.54, 1.807) is 18.0 Å². The van der Waals surface area contributed by atoms with Gasteiger partial charge in [0.05, 0.1) is 19.2 Å². The number of unbranched alkanes of at least 4 members (excludes halogenated alkanes) is 1. The van der Waals surface area contributed by atoms with Crippen LogP contribution in [0.4, 0.5) is 0 Å². The minimum atomic E-state index is -0.175. The molecule has 2 rings (SSSR count). The Morgan fingerprint density at radius 2 is 2.00 bits per heavy atom. The zero-order valence-corrected chi connectivity index (χ0v) is 17.3. The zero-order valence-electron chi connectivity index (χ0n) is 15.7. The van der Waals surface area contributed by atoms with Crippen LogP contribution in [0, 0.1) is 0 Å². The third-order valence-electron chi connectivity index (χ3n) is 3.72. The first-order valence-corrected chi connectivity index (χ1v) is 10.4. The lowest BCUT2D eigenvalue weighted by atomic mass is 10.1. The Hall–Kier alpha value is -1.98. The average Bonchev–Trinajstić information content (AvgIpc) is 2.65. The van der Waals surface area contributed by atoms with Crippen molar-refractivity contribution >= 4 is 35.5 Å². The maximum atomic E-state index is 12.2. The second-order valence-corrected chi connectivity index (χ2v) is 7.67. The van der Waals surface area contributed by atoms with Gasteiger partial charge in [-0.05, 0) is 65.8 Å². The van der Waals surface area contributed by atoms with Crippen LogP contribution >= 0.6 is 23.4 Å². The lowest BCUT2D eigenvalue weighted by molar-refractivity contribution is -0.120. The largest absolute Gasteiger partial charge is 0.494 e. The second kappa shape index (κ2) is 11.7. The number of benzene rings is 2. The van der Waals surface area contributed by atoms with Crippen LogP contribution < -0.4 is 10.2 Å². The molecule has 2 aromatic rings. The van der Waals surface area contributed by atoms with E-state index < -0.39 is 0 Å². The summed E-state index contributed by atoms with van der Waals surface area (Å²) in [5, 5.41) is 4.66. The Labute approximate surface area is 170 Å². The molecule has 0 fully saturated rings. The number of carbonyl (C=O) groups excluding carboxylic acids is 1. The van der Waals surface area contributed by atoms with E-state index in [4.69, 9.17) is 16.3 Å². The fourth-order valence-corrected chi connectivity index (χ4v) is 3.34. The summed E-state index contributed by atoms with van der Waals surface area (Å²) in [4.78, 5) is 13.2. The van der Waals surface area contributed by atoms with Crippen LogP contribution in [0.1, 0.15) is 37.8 Å². The van der Waals surface area contributed by atoms with Gasteiger partial charge < -0.3 is 4.74 Å². The smallest absolute Gasteiger partial charge is 0.244 e. The molecule has 0 radical (unpaired) electrons. The first kappa shape index (κ1) is 21.3. The van der Waals surface area contributed by atoms with Gasteiger partial charge in [0.1, 0.15) is 5.75 Å². The number of hydrogen-bond donors (Lipinski definition) is 1. The number of thioether (sulfide) groups is 1. The predicted molar refractivity (Wildman–Crippen MR) is 114 cm³/mol. The summed E-state index contributed by atoms with van der Waals surface area (Å²) in [5.41, 5.74) is 4.38. The maximum Gasteiger partial charge on any atom is 0.244 e. The van der Waals surface area contributed by atoms with Gasteiger partial charge in [-0.25, -0.2) is 5.43 Å². The van der Waals surface area contributed by atoms with Crippen molar-refractivity contribution in [1.82, 2.24) is 5.43 Å². The Kier molecular flexibility index (Phi) is 9.22. The number of ether oxygens (including phenoxy) is 1. The topological polar surface area (TPSA) is 50.7 Å². The van der Waals surface area contributed by atoms with Gasteiger partial charge in [-0.1, -0.05) is 31.9 Å². The molecule has 0 spiro atoms. The fraction of sp³-hybridized carbons (Fsp3) is 0.333. The Morgan fingerprint density at radius 3 is 2.70 bits per heavy atom. The van der Waals surface area contributed by atoms with Crippen LogP contribution in [-0.4, -0.2) is 24.5 Å². The van der Waals surface area contributed by atoms with E-state index in [0.717, 1.165) is 47.0 Å². The molecule has 1 amide bonds. The van der Waals surface area contributed by atoms with Gasteiger partial charge in [-0.15, -0.1) is 11.8 Å². The minimum Gasteiger partial charge on any atom is -0.494 e. The standard InChI is InChI=1S/C21H25ClN2O2S/c1-3-5-12-26-19-9-6-16(7-10-19)15-23-24-21(25)14-17-13-18(22)8-11-20(17)27-4-2/h6-11,13,15H,3-5,12,14H2,1-2H3,(H,24,25)/b23-15-. The molecule has 144 valence electrons. The van der Waals surface area contributed by atoms with Crippen molar-refractivity contribution in [3.8, 4) is 5.75 Å². The molecule has 2 aromatic carbocycles. The van der Waals surface area contributed by atoms with E-state index in [0.29, 0.717) is 5.02 Å². The lowest BCUT2D eigenvalue weighted by Gasteiger charge is -2.08. The monoisotopic (exact) mass is 404 g/mol. The quantitative estimate of drug-likeness (QED) is 0.252. The summed E-state index contributed by atoms with van der Waals surface area (Å²) in [6, 6.07) is 13.2. The average molecular weight is 405 g/mol. The fourth-order valence-electron chi connectivity index (χ4n) is 2.36. The third kappa shape index (κ3) is 7.65. The molecule has 0 aliphatic rings. The van der Waals surface area contributed by atoms with Crippen molar-refractivity contribution in [2.24, 2.45) is 5.10 Å². The van der Waals surface area contributed by atoms with Crippen molar-refractivity contribution in [1.29, 1.82) is 0 Å². The number of hydrogen-bond acceptors (Lipinski definition) is 4. The molecule has 0 aliphatic heterocycles. The van der Waals surface area contributed by atoms with E-state index in [2.05, 4.69) is 24.4 Å². The van der Waals surface area contributed by atoms with Gasteiger partial charge in [-0.3, -0.25) is 4.79 Å². The molecular weight excluding hydrogens is 380 g/mol. The lowest BCUT2D eigenvalue weighted by Crippen LogP contribution is -2.20. The Bertz CT molecular complexity index is 763. The zero-order chi connectivity index (χ0) is 19.5. The van der Waals surface area contributed by atoms with E-state index in [1.165, 1.54) is 0 Å². The van der Waals surface area contributed by atoms with Gasteiger partial charge in [0.15, 0.2) is 0 Å². The highest BCUT2D eigenvalue weighted by Gasteiger charge is 2.08. The Morgan fingerprint density at radius 1 is 1.22 bits per heavy atom. The van der Waals surface area contributed by atoms with Crippen LogP contribution in [0.2, 0.25) is 5.02 Å². The highest BCUT2D eigenvalue weighted by molar-refractivity contribution is 7.99. The number of carbonyl (C=O) groups is 1. The van der Waals surface area contributed by atoms with E-state index in [1.807, 2.05) is 42.5 Å². The van der Waals surface area contributed by atoms with Crippen LogP contribution in [0.25, 0.3) is 0 Å². The number of amides is 1. The summed E-state index contributed by atoms with van der Waals surface area (Å²) < 4.78 is 5.62. The molecule has 0 aromatic heterocycles. The van der Waals surface area contributed by atoms with E-state index in [9.17, 15) is 4.79 Å². The SMILES string of the molecule is CCCCOc1ccc(/C=N\NC(=O)Cc2cc(Cl)ccc2SCC)cc1. The number of hydrazone groups is 1. The maximum absolute atomic E-state index is 12.2. The van der Waals surface area contributed by atoms with Crippen LogP contribution in [0.15, 0.2) is 52.5 Å². The van der Waals surface area contributed by atoms with Crippen molar-refractivity contribution < 1.29 is 9.53 Å². The first-order valence-electron chi connectivity index (χ1n) is 9.08. The van der Waals surface area contributed by atoms with Gasteiger partial charge >= 0.3 is 0 Å². The molecule has 0 aliphatic carbocycles. The van der Waals surface area contributed by atoms with E-state index in [-0.39, 0.29) is 12.3 Å². The molecule has 27 heavy (non-hydrogen) atoms. The summed E-state index contributed by atoms with van der Waals surface area (Å²) in [6.07, 6.45) is 4.01. The van der Waals surface area contributed by atoms with Gasteiger partial charge in [0.2, 0.25) is 5.91 Å². The van der Waals surface area contributed by atoms with Crippen LogP contribution in [-0.2, 0) is 11.2 Å². The summed E-state index contributed by atoms with van der Waals surface area (Å²) in [5.74, 6) is 1.60. The van der Waals surface area contributed by atoms with Gasteiger partial charge in [-0.2, -0.15) is 5.10 Å². The molecule has 1 N–H and O–H groups in total. The molecule has 0 saturated heterocycles. The summed E-state index contributed by atoms with van der Waals surface area (Å²) >= 11 is 7.75. The van der Waals surface area contributed by atoms with Gasteiger partial charge in [0, 0.05) is 9.92 Å². The van der Waals surface area contributed by atoms with Crippen molar-refractivity contribution in [3.63, 3.8) is 0 Å². The predicted octanol–water partition coefficient (Wildman–Crippen LogP) is 5.32. The number of nitrogens with one attached hydrogen (secondary N) is 1. The normalized spacial score (nSPS) is 10.9. The highest BCUT2D eigenvalue weighted by Crippen LogP contribution is 2.26. The molecule has 0 bridgehead atoms. The number of nitrogens with zero attached hydrogens (tertiary/aromatic N) is 1. The highest BCUT2D eigenvalue weighted by atomic mass is 35.5. The molecule has 0 atom stereocenters. The summed E-state index contributed by atoms with van der Waals surface area (Å²) in [6.45, 7) is 4.93. The summed E-state index contributed by atoms with van der Waals surface area (Å²) in [7, 11) is 0. The first-order chi connectivity index (χ1) is 13.1. The number of rotatable bonds is 10. The van der Waals surface area contributed by atoms with Crippen molar-refractivity contribution in [2.75, 3.05) is 12.4 Å². The number of halogens is 1. The molecule has 0 unspecified atom stereocenters. The molecular formula is C21H25ClN2O2S. The second-order valence-electron chi connectivity index (χ2n) is 5.93. The third-order valence-corrected chi connectivity index (χ3v) is 4.96. The van der Waals surface area contributed by atoms with Crippen LogP contribution in [0.3, 0.4) is 0 Å². The minimum absolute atomic E-state index is 0.175. The van der Waals surface area contributed by atoms with Crippen molar-refractivity contribution in [3.05, 3.63) is 58.6 Å². The van der Waals surface area contributed by atoms with Gasteiger partial charge in [0.25, 0.3) is 0 Å².